The number of benzene rings is 2. The maximum Gasteiger partial charge on any atom is 0.250 e. The van der Waals surface area contributed by atoms with Gasteiger partial charge in [-0.05, 0) is 56.6 Å². The molecule has 2 aliphatic rings. The van der Waals surface area contributed by atoms with E-state index in [9.17, 15) is 9.18 Å². The quantitative estimate of drug-likeness (QED) is 0.483. The molecule has 0 bridgehead atoms. The third kappa shape index (κ3) is 5.39. The van der Waals surface area contributed by atoms with Crippen LogP contribution in [0, 0.1) is 5.82 Å². The molecule has 1 aromatic heterocycles. The largest absolute Gasteiger partial charge is 0.491 e. The van der Waals surface area contributed by atoms with Crippen molar-refractivity contribution in [1.82, 2.24) is 14.9 Å². The van der Waals surface area contributed by atoms with Crippen molar-refractivity contribution >= 4 is 45.6 Å². The van der Waals surface area contributed by atoms with Gasteiger partial charge in [0.25, 0.3) is 5.91 Å². The number of carbonyl (C=O) groups is 1. The number of piperidine rings is 1. The molecule has 35 heavy (non-hydrogen) atoms. The first-order valence-electron chi connectivity index (χ1n) is 11.9. The first-order chi connectivity index (χ1) is 17.1. The minimum absolute atomic E-state index is 0.0174. The molecule has 3 heterocycles. The maximum atomic E-state index is 13.6. The van der Waals surface area contributed by atoms with Gasteiger partial charge in [-0.2, -0.15) is 0 Å². The van der Waals surface area contributed by atoms with Crippen LogP contribution in [-0.2, 0) is 4.79 Å². The summed E-state index contributed by atoms with van der Waals surface area (Å²) in [6.07, 6.45) is 9.51. The summed E-state index contributed by atoms with van der Waals surface area (Å²) in [5.41, 5.74) is 1.94. The van der Waals surface area contributed by atoms with Gasteiger partial charge in [-0.25, -0.2) is 14.4 Å². The maximum absolute atomic E-state index is 13.6. The first-order valence-corrected chi connectivity index (χ1v) is 12.3. The summed E-state index contributed by atoms with van der Waals surface area (Å²) in [6.45, 7) is 4.02. The van der Waals surface area contributed by atoms with Gasteiger partial charge in [0.15, 0.2) is 0 Å². The lowest BCUT2D eigenvalue weighted by atomic mass is 10.1. The number of nitrogens with one attached hydrogen (secondary N) is 1. The SMILES string of the molecule is O=C(C=CCN1CCCCC1)N1CCCOc2cc3ncnc(Nc4ccc(F)c(Cl)c4)c3cc21. The number of likely N-dealkylation sites (tertiary alicyclic amines) is 1. The first kappa shape index (κ1) is 23.5. The molecule has 0 atom stereocenters. The topological polar surface area (TPSA) is 70.6 Å². The molecule has 9 heteroatoms. The van der Waals surface area contributed by atoms with Crippen molar-refractivity contribution in [2.75, 3.05) is 43.0 Å². The molecule has 7 nitrogen and oxygen atoms in total. The number of ether oxygens (including phenoxy) is 1. The monoisotopic (exact) mass is 495 g/mol. The Kier molecular flexibility index (Phi) is 7.11. The number of fused-ring (bicyclic) bond motifs is 2. The van der Waals surface area contributed by atoms with E-state index in [0.29, 0.717) is 47.0 Å². The Labute approximate surface area is 208 Å². The van der Waals surface area contributed by atoms with Gasteiger partial charge in [0.2, 0.25) is 0 Å². The summed E-state index contributed by atoms with van der Waals surface area (Å²) in [4.78, 5) is 26.1. The summed E-state index contributed by atoms with van der Waals surface area (Å²) in [6, 6.07) is 8.09. The fraction of sp³-hybridized carbons (Fsp3) is 0.346. The van der Waals surface area contributed by atoms with Gasteiger partial charge in [0, 0.05) is 36.3 Å². The number of nitrogens with zero attached hydrogens (tertiary/aromatic N) is 4. The van der Waals surface area contributed by atoms with Gasteiger partial charge in [0.1, 0.15) is 23.7 Å². The Morgan fingerprint density at radius 2 is 1.97 bits per heavy atom. The fourth-order valence-electron chi connectivity index (χ4n) is 4.50. The summed E-state index contributed by atoms with van der Waals surface area (Å²) in [5.74, 6) is 0.569. The highest BCUT2D eigenvalue weighted by atomic mass is 35.5. The van der Waals surface area contributed by atoms with Crippen molar-refractivity contribution in [1.29, 1.82) is 0 Å². The van der Waals surface area contributed by atoms with Crippen molar-refractivity contribution < 1.29 is 13.9 Å². The average molecular weight is 496 g/mol. The number of halogens is 2. The molecule has 0 aliphatic carbocycles. The number of anilines is 3. The Hall–Kier alpha value is -3.23. The van der Waals surface area contributed by atoms with Crippen LogP contribution in [0.2, 0.25) is 5.02 Å². The van der Waals surface area contributed by atoms with Gasteiger partial charge in [-0.1, -0.05) is 24.1 Å². The van der Waals surface area contributed by atoms with E-state index in [1.807, 2.05) is 18.2 Å². The predicted molar refractivity (Wildman–Crippen MR) is 136 cm³/mol. The fourth-order valence-corrected chi connectivity index (χ4v) is 4.68. The highest BCUT2D eigenvalue weighted by Crippen LogP contribution is 2.37. The van der Waals surface area contributed by atoms with Crippen molar-refractivity contribution in [3.05, 3.63) is 59.7 Å². The zero-order valence-electron chi connectivity index (χ0n) is 19.3. The van der Waals surface area contributed by atoms with Gasteiger partial charge in [-0.3, -0.25) is 9.69 Å². The summed E-state index contributed by atoms with van der Waals surface area (Å²) < 4.78 is 19.5. The van der Waals surface area contributed by atoms with Crippen LogP contribution < -0.4 is 15.0 Å². The van der Waals surface area contributed by atoms with Crippen LogP contribution in [0.1, 0.15) is 25.7 Å². The molecular formula is C26H27ClFN5O2. The minimum atomic E-state index is -0.491. The van der Waals surface area contributed by atoms with Crippen molar-refractivity contribution in [2.45, 2.75) is 25.7 Å². The normalized spacial score (nSPS) is 16.7. The second-order valence-corrected chi connectivity index (χ2v) is 9.18. The molecule has 5 rings (SSSR count). The van der Waals surface area contributed by atoms with E-state index < -0.39 is 5.82 Å². The van der Waals surface area contributed by atoms with E-state index >= 15 is 0 Å². The van der Waals surface area contributed by atoms with Gasteiger partial charge < -0.3 is 15.0 Å². The van der Waals surface area contributed by atoms with E-state index in [-0.39, 0.29) is 10.9 Å². The zero-order valence-corrected chi connectivity index (χ0v) is 20.1. The van der Waals surface area contributed by atoms with Crippen LogP contribution in [0.5, 0.6) is 5.75 Å². The van der Waals surface area contributed by atoms with E-state index in [0.717, 1.165) is 26.1 Å². The Morgan fingerprint density at radius 3 is 2.80 bits per heavy atom. The number of aromatic nitrogens is 2. The molecule has 0 unspecified atom stereocenters. The molecule has 0 radical (unpaired) electrons. The highest BCUT2D eigenvalue weighted by molar-refractivity contribution is 6.31. The van der Waals surface area contributed by atoms with E-state index in [1.165, 1.54) is 37.7 Å². The van der Waals surface area contributed by atoms with Crippen LogP contribution in [0.3, 0.4) is 0 Å². The smallest absolute Gasteiger partial charge is 0.250 e. The molecule has 2 aliphatic heterocycles. The van der Waals surface area contributed by atoms with Crippen LogP contribution in [-0.4, -0.2) is 53.6 Å². The molecule has 0 spiro atoms. The molecule has 0 saturated carbocycles. The molecule has 1 saturated heterocycles. The number of hydrogen-bond acceptors (Lipinski definition) is 6. The molecule has 182 valence electrons. The molecule has 1 fully saturated rings. The third-order valence-corrected chi connectivity index (χ3v) is 6.60. The van der Waals surface area contributed by atoms with Gasteiger partial charge in [-0.15, -0.1) is 0 Å². The zero-order chi connectivity index (χ0) is 24.2. The minimum Gasteiger partial charge on any atom is -0.491 e. The second-order valence-electron chi connectivity index (χ2n) is 8.77. The van der Waals surface area contributed by atoms with Crippen molar-refractivity contribution in [2.24, 2.45) is 0 Å². The molecule has 2 aromatic carbocycles. The molecular weight excluding hydrogens is 469 g/mol. The molecule has 1 N–H and O–H groups in total. The van der Waals surface area contributed by atoms with Gasteiger partial charge in [0.05, 0.1) is 22.8 Å². The molecule has 3 aromatic rings. The highest BCUT2D eigenvalue weighted by Gasteiger charge is 2.23. The second kappa shape index (κ2) is 10.6. The average Bonchev–Trinajstić information content (AvgIpc) is 3.08. The third-order valence-electron chi connectivity index (χ3n) is 6.31. The summed E-state index contributed by atoms with van der Waals surface area (Å²) >= 11 is 5.94. The Morgan fingerprint density at radius 1 is 1.11 bits per heavy atom. The number of rotatable bonds is 5. The van der Waals surface area contributed by atoms with Crippen LogP contribution in [0.4, 0.5) is 21.6 Å². The molecule has 1 amide bonds. The lowest BCUT2D eigenvalue weighted by Gasteiger charge is -2.25. The van der Waals surface area contributed by atoms with Crippen LogP contribution >= 0.6 is 11.6 Å². The number of amides is 1. The van der Waals surface area contributed by atoms with Crippen molar-refractivity contribution in [3.63, 3.8) is 0 Å². The lowest BCUT2D eigenvalue weighted by molar-refractivity contribution is -0.114. The Bertz CT molecular complexity index is 1260. The number of carbonyl (C=O) groups excluding carboxylic acids is 1. The lowest BCUT2D eigenvalue weighted by Crippen LogP contribution is -2.31. The van der Waals surface area contributed by atoms with E-state index in [1.54, 1.807) is 17.0 Å². The predicted octanol–water partition coefficient (Wildman–Crippen LogP) is 5.32. The standard InChI is InChI=1S/C26H27ClFN5O2/c27-20-14-18(7-8-21(20)28)31-26-19-15-23-24(16-22(19)29-17-30-26)35-13-5-12-33(23)25(34)6-4-11-32-9-2-1-3-10-32/h4,6-8,14-17H,1-3,5,9-13H2,(H,29,30,31). The summed E-state index contributed by atoms with van der Waals surface area (Å²) in [5, 5.41) is 3.92. The number of hydrogen-bond donors (Lipinski definition) is 1. The van der Waals surface area contributed by atoms with Crippen molar-refractivity contribution in [3.8, 4) is 5.75 Å². The summed E-state index contributed by atoms with van der Waals surface area (Å²) in [7, 11) is 0. The van der Waals surface area contributed by atoms with E-state index in [4.69, 9.17) is 16.3 Å². The Balaban J connectivity index is 1.44. The van der Waals surface area contributed by atoms with Crippen LogP contribution in [0.25, 0.3) is 10.9 Å². The van der Waals surface area contributed by atoms with E-state index in [2.05, 4.69) is 20.2 Å². The van der Waals surface area contributed by atoms with Crippen LogP contribution in [0.15, 0.2) is 48.8 Å². The van der Waals surface area contributed by atoms with Gasteiger partial charge >= 0.3 is 0 Å².